The number of nitrogens with two attached hydrogens (primary N) is 1. The number of nitrogens with one attached hydrogen (secondary N) is 3. The number of nitrogen functional groups attached to an aromatic ring is 1. The topological polar surface area (TPSA) is 105 Å². The van der Waals surface area contributed by atoms with Gasteiger partial charge in [-0.2, -0.15) is 0 Å². The monoisotopic (exact) mass is 353 g/mol. The molecule has 2 heterocycles. The number of anilines is 3. The van der Waals surface area contributed by atoms with Crippen LogP contribution in [-0.2, 0) is 11.2 Å². The van der Waals surface area contributed by atoms with Gasteiger partial charge in [-0.05, 0) is 44.0 Å². The molecule has 3 aromatic rings. The summed E-state index contributed by atoms with van der Waals surface area (Å²) in [5.74, 6) is 0.903. The fourth-order valence-electron chi connectivity index (χ4n) is 2.95. The number of hydrogen-bond acceptors (Lipinski definition) is 5. The van der Waals surface area contributed by atoms with Gasteiger partial charge < -0.3 is 20.8 Å². The Labute approximate surface area is 152 Å². The summed E-state index contributed by atoms with van der Waals surface area (Å²) < 4.78 is 4.92. The van der Waals surface area contributed by atoms with Gasteiger partial charge in [-0.25, -0.2) is 9.78 Å². The Morgan fingerprint density at radius 3 is 2.88 bits per heavy atom. The highest BCUT2D eigenvalue weighted by Crippen LogP contribution is 2.24. The number of carbonyl (C=O) groups is 1. The number of carbonyl (C=O) groups excluding carboxylic acids is 1. The zero-order chi connectivity index (χ0) is 18.5. The molecular weight excluding hydrogens is 330 g/mol. The quantitative estimate of drug-likeness (QED) is 0.541. The molecule has 0 radical (unpaired) electrons. The van der Waals surface area contributed by atoms with Gasteiger partial charge in [0.1, 0.15) is 5.82 Å². The molecule has 0 bridgehead atoms. The Hall–Kier alpha value is -3.22. The van der Waals surface area contributed by atoms with E-state index in [0.717, 1.165) is 17.6 Å². The molecule has 1 aromatic carbocycles. The lowest BCUT2D eigenvalue weighted by atomic mass is 10.1. The first-order chi connectivity index (χ1) is 12.6. The molecule has 0 aliphatic rings. The van der Waals surface area contributed by atoms with E-state index in [1.54, 1.807) is 19.1 Å². The number of benzene rings is 1. The maximum Gasteiger partial charge on any atom is 0.411 e. The number of para-hydroxylation sites is 1. The van der Waals surface area contributed by atoms with Gasteiger partial charge in [0.15, 0.2) is 5.82 Å². The smallest absolute Gasteiger partial charge is 0.411 e. The van der Waals surface area contributed by atoms with Crippen LogP contribution in [0.2, 0.25) is 0 Å². The maximum absolute atomic E-state index is 11.7. The van der Waals surface area contributed by atoms with Crippen molar-refractivity contribution in [2.45, 2.75) is 20.3 Å². The van der Waals surface area contributed by atoms with Gasteiger partial charge in [0.25, 0.3) is 0 Å². The zero-order valence-electron chi connectivity index (χ0n) is 14.9. The summed E-state index contributed by atoms with van der Waals surface area (Å²) in [6, 6.07) is 11.6. The minimum Gasteiger partial charge on any atom is -0.450 e. The van der Waals surface area contributed by atoms with Gasteiger partial charge in [0.2, 0.25) is 0 Å². The molecule has 0 spiro atoms. The summed E-state index contributed by atoms with van der Waals surface area (Å²) in [7, 11) is 0. The van der Waals surface area contributed by atoms with Crippen LogP contribution in [0.1, 0.15) is 18.2 Å². The van der Waals surface area contributed by atoms with Crippen molar-refractivity contribution in [1.82, 2.24) is 9.97 Å². The van der Waals surface area contributed by atoms with Crippen LogP contribution in [0.25, 0.3) is 10.9 Å². The molecule has 7 nitrogen and oxygen atoms in total. The van der Waals surface area contributed by atoms with Crippen molar-refractivity contribution in [3.05, 3.63) is 47.7 Å². The van der Waals surface area contributed by atoms with E-state index in [0.29, 0.717) is 30.5 Å². The summed E-state index contributed by atoms with van der Waals surface area (Å²) in [4.78, 5) is 19.4. The van der Waals surface area contributed by atoms with Gasteiger partial charge in [-0.15, -0.1) is 0 Å². The van der Waals surface area contributed by atoms with Crippen LogP contribution < -0.4 is 16.4 Å². The summed E-state index contributed by atoms with van der Waals surface area (Å²) in [6.45, 7) is 4.78. The average molecular weight is 353 g/mol. The Bertz CT molecular complexity index is 919. The van der Waals surface area contributed by atoms with Gasteiger partial charge in [0, 0.05) is 23.1 Å². The lowest BCUT2D eigenvalue weighted by Gasteiger charge is -2.13. The van der Waals surface area contributed by atoms with Crippen molar-refractivity contribution in [2.24, 2.45) is 0 Å². The maximum atomic E-state index is 11.7. The molecular formula is C19H23N5O2. The number of aryl methyl sites for hydroxylation is 1. The van der Waals surface area contributed by atoms with Crippen LogP contribution in [0.15, 0.2) is 36.4 Å². The SMILES string of the molecule is CCOC(=O)Nc1ccc(N)nc1NCCc1c(C)[nH]c2ccccc12. The fraction of sp³-hybridized carbons (Fsp3) is 0.263. The first-order valence-electron chi connectivity index (χ1n) is 8.59. The molecule has 5 N–H and O–H groups in total. The van der Waals surface area contributed by atoms with Gasteiger partial charge in [-0.1, -0.05) is 18.2 Å². The molecule has 1 amide bonds. The van der Waals surface area contributed by atoms with Gasteiger partial charge in [-0.3, -0.25) is 5.32 Å². The lowest BCUT2D eigenvalue weighted by Crippen LogP contribution is -2.16. The third kappa shape index (κ3) is 3.88. The van der Waals surface area contributed by atoms with Crippen LogP contribution in [0.3, 0.4) is 0 Å². The number of rotatable bonds is 6. The summed E-state index contributed by atoms with van der Waals surface area (Å²) >= 11 is 0. The average Bonchev–Trinajstić information content (AvgIpc) is 2.93. The van der Waals surface area contributed by atoms with Crippen LogP contribution in [0.4, 0.5) is 22.1 Å². The summed E-state index contributed by atoms with van der Waals surface area (Å²) in [5.41, 5.74) is 9.86. The molecule has 2 aromatic heterocycles. The third-order valence-electron chi connectivity index (χ3n) is 4.12. The zero-order valence-corrected chi connectivity index (χ0v) is 14.9. The number of fused-ring (bicyclic) bond motifs is 1. The van der Waals surface area contributed by atoms with E-state index in [9.17, 15) is 4.79 Å². The summed E-state index contributed by atoms with van der Waals surface area (Å²) in [5, 5.41) is 7.15. The van der Waals surface area contributed by atoms with E-state index in [1.807, 2.05) is 12.1 Å². The van der Waals surface area contributed by atoms with E-state index in [2.05, 4.69) is 39.7 Å². The number of aromatic nitrogens is 2. The molecule has 0 aliphatic carbocycles. The molecule has 0 unspecified atom stereocenters. The molecule has 26 heavy (non-hydrogen) atoms. The number of ether oxygens (including phenoxy) is 1. The first kappa shape index (κ1) is 17.6. The van der Waals surface area contributed by atoms with E-state index in [1.165, 1.54) is 10.9 Å². The highest BCUT2D eigenvalue weighted by Gasteiger charge is 2.11. The second kappa shape index (κ2) is 7.77. The van der Waals surface area contributed by atoms with Crippen molar-refractivity contribution in [3.8, 4) is 0 Å². The van der Waals surface area contributed by atoms with E-state index >= 15 is 0 Å². The molecule has 0 saturated carbocycles. The molecule has 0 saturated heterocycles. The lowest BCUT2D eigenvalue weighted by molar-refractivity contribution is 0.168. The van der Waals surface area contributed by atoms with Crippen LogP contribution in [0.5, 0.6) is 0 Å². The summed E-state index contributed by atoms with van der Waals surface area (Å²) in [6.07, 6.45) is 0.292. The van der Waals surface area contributed by atoms with Crippen molar-refractivity contribution in [2.75, 3.05) is 29.5 Å². The second-order valence-corrected chi connectivity index (χ2v) is 5.93. The first-order valence-corrected chi connectivity index (χ1v) is 8.59. The molecule has 0 fully saturated rings. The predicted molar refractivity (Wildman–Crippen MR) is 105 cm³/mol. The predicted octanol–water partition coefficient (Wildman–Crippen LogP) is 3.68. The van der Waals surface area contributed by atoms with Crippen molar-refractivity contribution < 1.29 is 9.53 Å². The van der Waals surface area contributed by atoms with E-state index in [-0.39, 0.29) is 0 Å². The number of hydrogen-bond donors (Lipinski definition) is 4. The van der Waals surface area contributed by atoms with E-state index < -0.39 is 6.09 Å². The van der Waals surface area contributed by atoms with Crippen LogP contribution in [0, 0.1) is 6.92 Å². The number of aromatic amines is 1. The van der Waals surface area contributed by atoms with Crippen LogP contribution in [-0.4, -0.2) is 29.2 Å². The van der Waals surface area contributed by atoms with Crippen molar-refractivity contribution in [3.63, 3.8) is 0 Å². The minimum atomic E-state index is -0.519. The highest BCUT2D eigenvalue weighted by molar-refractivity contribution is 5.89. The van der Waals surface area contributed by atoms with E-state index in [4.69, 9.17) is 10.5 Å². The number of amides is 1. The standard InChI is InChI=1S/C19H23N5O2/c1-3-26-19(25)23-16-8-9-17(20)24-18(16)21-11-10-13-12(2)22-15-7-5-4-6-14(13)15/h4-9,22H,3,10-11H2,1-2H3,(H,23,25)(H3,20,21,24). The molecule has 3 rings (SSSR count). The highest BCUT2D eigenvalue weighted by atomic mass is 16.5. The Kier molecular flexibility index (Phi) is 5.26. The molecule has 0 atom stereocenters. The van der Waals surface area contributed by atoms with Crippen molar-refractivity contribution in [1.29, 1.82) is 0 Å². The minimum absolute atomic E-state index is 0.302. The number of H-pyrrole nitrogens is 1. The van der Waals surface area contributed by atoms with Crippen molar-refractivity contribution >= 4 is 34.3 Å². The second-order valence-electron chi connectivity index (χ2n) is 5.93. The Morgan fingerprint density at radius 2 is 2.08 bits per heavy atom. The third-order valence-corrected chi connectivity index (χ3v) is 4.12. The molecule has 7 heteroatoms. The Balaban J connectivity index is 1.72. The van der Waals surface area contributed by atoms with Gasteiger partial charge in [0.05, 0.1) is 12.3 Å². The molecule has 136 valence electrons. The number of pyridine rings is 1. The van der Waals surface area contributed by atoms with Gasteiger partial charge >= 0.3 is 6.09 Å². The number of nitrogens with zero attached hydrogens (tertiary/aromatic N) is 1. The molecule has 0 aliphatic heterocycles. The van der Waals surface area contributed by atoms with Crippen LogP contribution >= 0.6 is 0 Å². The normalized spacial score (nSPS) is 10.7. The largest absolute Gasteiger partial charge is 0.450 e. The Morgan fingerprint density at radius 1 is 1.27 bits per heavy atom. The fourth-order valence-corrected chi connectivity index (χ4v) is 2.95.